The Labute approximate surface area is 189 Å². The molecule has 0 radical (unpaired) electrons. The Morgan fingerprint density at radius 1 is 1.16 bits per heavy atom. The summed E-state index contributed by atoms with van der Waals surface area (Å²) in [5.74, 6) is 0.938. The third-order valence-corrected chi connectivity index (χ3v) is 7.35. The zero-order chi connectivity index (χ0) is 22.1. The Balaban J connectivity index is 1.33. The molecular weight excluding hydrogens is 402 g/mol. The van der Waals surface area contributed by atoms with Crippen LogP contribution in [0.5, 0.6) is 5.75 Å². The number of piperidine rings is 2. The number of hydrogen-bond acceptors (Lipinski definition) is 3. The first-order valence-corrected chi connectivity index (χ1v) is 11.7. The Bertz CT molecular complexity index is 993. The van der Waals surface area contributed by atoms with E-state index in [0.717, 1.165) is 44.4 Å². The summed E-state index contributed by atoms with van der Waals surface area (Å²) >= 11 is 0. The van der Waals surface area contributed by atoms with E-state index in [4.69, 9.17) is 4.74 Å². The van der Waals surface area contributed by atoms with Crippen molar-refractivity contribution in [1.82, 2.24) is 15.1 Å². The highest BCUT2D eigenvalue weighted by molar-refractivity contribution is 5.83. The molecule has 6 nitrogen and oxygen atoms in total. The lowest BCUT2D eigenvalue weighted by Crippen LogP contribution is -2.61. The first-order chi connectivity index (χ1) is 15.7. The molecule has 168 valence electrons. The van der Waals surface area contributed by atoms with Gasteiger partial charge >= 0.3 is 6.03 Å². The van der Waals surface area contributed by atoms with E-state index in [-0.39, 0.29) is 29.9 Å². The van der Waals surface area contributed by atoms with Crippen molar-refractivity contribution in [2.45, 2.75) is 44.2 Å². The van der Waals surface area contributed by atoms with Gasteiger partial charge in [-0.3, -0.25) is 4.79 Å². The molecule has 0 aliphatic carbocycles. The van der Waals surface area contributed by atoms with Crippen molar-refractivity contribution < 1.29 is 14.3 Å². The fraction of sp³-hybridized carbons (Fsp3) is 0.462. The van der Waals surface area contributed by atoms with Crippen LogP contribution in [0.2, 0.25) is 0 Å². The fourth-order valence-electron chi connectivity index (χ4n) is 5.71. The molecule has 3 aliphatic heterocycles. The highest BCUT2D eigenvalue weighted by atomic mass is 16.5. The minimum Gasteiger partial charge on any atom is -0.497 e. The van der Waals surface area contributed by atoms with Gasteiger partial charge in [-0.1, -0.05) is 36.4 Å². The molecule has 0 unspecified atom stereocenters. The molecule has 2 fully saturated rings. The van der Waals surface area contributed by atoms with Crippen LogP contribution in [-0.2, 0) is 17.6 Å². The van der Waals surface area contributed by atoms with Crippen molar-refractivity contribution in [3.63, 3.8) is 0 Å². The number of nitrogens with zero attached hydrogens (tertiary/aromatic N) is 2. The van der Waals surface area contributed by atoms with Gasteiger partial charge in [-0.15, -0.1) is 0 Å². The van der Waals surface area contributed by atoms with Gasteiger partial charge in [-0.2, -0.15) is 0 Å². The average Bonchev–Trinajstić information content (AvgIpc) is 2.84. The summed E-state index contributed by atoms with van der Waals surface area (Å²) in [6.07, 6.45) is 4.22. The predicted octanol–water partition coefficient (Wildman–Crippen LogP) is 3.56. The van der Waals surface area contributed by atoms with E-state index in [1.165, 1.54) is 16.7 Å². The standard InChI is InChI=1S/C26H31N3O3/c1-32-20-10-9-19-12-15-28-24(22(19)16-20)17-23-21(25(28)30)8-5-14-29(23)26(31)27-13-11-18-6-3-2-4-7-18/h2-4,6-7,9-10,16,21,23-24H,5,8,11-15,17H2,1H3,(H,27,31)/t21-,23-,24+/m0/s1. The summed E-state index contributed by atoms with van der Waals surface area (Å²) in [6.45, 7) is 2.07. The van der Waals surface area contributed by atoms with Crippen LogP contribution in [0, 0.1) is 5.92 Å². The maximum Gasteiger partial charge on any atom is 0.317 e. The molecule has 0 spiro atoms. The van der Waals surface area contributed by atoms with E-state index < -0.39 is 0 Å². The summed E-state index contributed by atoms with van der Waals surface area (Å²) in [7, 11) is 1.67. The smallest absolute Gasteiger partial charge is 0.317 e. The minimum absolute atomic E-state index is 0.0142. The van der Waals surface area contributed by atoms with Crippen LogP contribution < -0.4 is 10.1 Å². The van der Waals surface area contributed by atoms with Gasteiger partial charge in [-0.25, -0.2) is 4.79 Å². The van der Waals surface area contributed by atoms with Crippen LogP contribution in [0.15, 0.2) is 48.5 Å². The van der Waals surface area contributed by atoms with Crippen molar-refractivity contribution in [3.05, 3.63) is 65.2 Å². The molecule has 3 atom stereocenters. The lowest BCUT2D eigenvalue weighted by atomic mass is 9.76. The van der Waals surface area contributed by atoms with Gasteiger partial charge in [0.25, 0.3) is 0 Å². The molecule has 5 rings (SSSR count). The van der Waals surface area contributed by atoms with Gasteiger partial charge < -0.3 is 19.9 Å². The quantitative estimate of drug-likeness (QED) is 0.802. The fourth-order valence-corrected chi connectivity index (χ4v) is 5.71. The number of nitrogens with one attached hydrogen (secondary N) is 1. The largest absolute Gasteiger partial charge is 0.497 e. The highest BCUT2D eigenvalue weighted by Gasteiger charge is 2.48. The number of fused-ring (bicyclic) bond motifs is 4. The van der Waals surface area contributed by atoms with Crippen LogP contribution in [0.1, 0.15) is 42.0 Å². The molecule has 3 heterocycles. The second-order valence-electron chi connectivity index (χ2n) is 9.07. The Hall–Kier alpha value is -3.02. The number of amides is 3. The minimum atomic E-state index is -0.0907. The molecular formula is C26H31N3O3. The molecule has 3 aliphatic rings. The van der Waals surface area contributed by atoms with Gasteiger partial charge in [-0.05, 0) is 60.9 Å². The normalized spacial score (nSPS) is 24.3. The second kappa shape index (κ2) is 8.85. The SMILES string of the molecule is COc1ccc2c(c1)[C@H]1C[C@H]3[C@H](CCCN3C(=O)NCCc3ccccc3)C(=O)N1CC2. The zero-order valence-electron chi connectivity index (χ0n) is 18.6. The van der Waals surface area contributed by atoms with Gasteiger partial charge in [0.05, 0.1) is 19.1 Å². The number of ether oxygens (including phenoxy) is 1. The van der Waals surface area contributed by atoms with E-state index in [1.807, 2.05) is 29.2 Å². The van der Waals surface area contributed by atoms with Crippen molar-refractivity contribution in [2.24, 2.45) is 5.92 Å². The summed E-state index contributed by atoms with van der Waals surface area (Å²) in [6, 6.07) is 16.3. The topological polar surface area (TPSA) is 61.9 Å². The first-order valence-electron chi connectivity index (χ1n) is 11.7. The maximum absolute atomic E-state index is 13.5. The van der Waals surface area contributed by atoms with Crippen LogP contribution in [0.4, 0.5) is 4.79 Å². The molecule has 3 amide bonds. The Morgan fingerprint density at radius 3 is 2.81 bits per heavy atom. The number of benzene rings is 2. The van der Waals surface area contributed by atoms with E-state index in [9.17, 15) is 9.59 Å². The van der Waals surface area contributed by atoms with E-state index in [1.54, 1.807) is 7.11 Å². The number of carbonyl (C=O) groups excluding carboxylic acids is 2. The van der Waals surface area contributed by atoms with Crippen LogP contribution >= 0.6 is 0 Å². The molecule has 2 aromatic rings. The van der Waals surface area contributed by atoms with Crippen molar-refractivity contribution in [1.29, 1.82) is 0 Å². The van der Waals surface area contributed by atoms with Gasteiger partial charge in [0.1, 0.15) is 5.75 Å². The lowest BCUT2D eigenvalue weighted by Gasteiger charge is -2.51. The van der Waals surface area contributed by atoms with Gasteiger partial charge in [0.15, 0.2) is 0 Å². The molecule has 0 aromatic heterocycles. The molecule has 2 aromatic carbocycles. The molecule has 6 heteroatoms. The predicted molar refractivity (Wildman–Crippen MR) is 123 cm³/mol. The third-order valence-electron chi connectivity index (χ3n) is 7.35. The van der Waals surface area contributed by atoms with E-state index in [2.05, 4.69) is 34.5 Å². The summed E-state index contributed by atoms with van der Waals surface area (Å²) in [4.78, 5) is 30.6. The highest BCUT2D eigenvalue weighted by Crippen LogP contribution is 2.44. The van der Waals surface area contributed by atoms with E-state index in [0.29, 0.717) is 13.1 Å². The monoisotopic (exact) mass is 433 g/mol. The Morgan fingerprint density at radius 2 is 2.00 bits per heavy atom. The number of urea groups is 1. The molecule has 32 heavy (non-hydrogen) atoms. The van der Waals surface area contributed by atoms with Gasteiger partial charge in [0.2, 0.25) is 5.91 Å². The van der Waals surface area contributed by atoms with Gasteiger partial charge in [0, 0.05) is 25.7 Å². The molecule has 0 bridgehead atoms. The summed E-state index contributed by atoms with van der Waals surface area (Å²) in [5.41, 5.74) is 3.67. The number of rotatable bonds is 4. The molecule has 0 saturated carbocycles. The summed E-state index contributed by atoms with van der Waals surface area (Å²) in [5, 5.41) is 3.10. The lowest BCUT2D eigenvalue weighted by molar-refractivity contribution is -0.148. The summed E-state index contributed by atoms with van der Waals surface area (Å²) < 4.78 is 5.46. The van der Waals surface area contributed by atoms with Crippen molar-refractivity contribution in [2.75, 3.05) is 26.7 Å². The van der Waals surface area contributed by atoms with Crippen LogP contribution in [0.25, 0.3) is 0 Å². The van der Waals surface area contributed by atoms with E-state index >= 15 is 0 Å². The number of methoxy groups -OCH3 is 1. The first kappa shape index (κ1) is 20.9. The van der Waals surface area contributed by atoms with Crippen LogP contribution in [-0.4, -0.2) is 54.5 Å². The number of carbonyl (C=O) groups is 2. The van der Waals surface area contributed by atoms with Crippen LogP contribution in [0.3, 0.4) is 0 Å². The average molecular weight is 434 g/mol. The maximum atomic E-state index is 13.5. The Kier molecular flexibility index (Phi) is 5.77. The second-order valence-corrected chi connectivity index (χ2v) is 9.07. The van der Waals surface area contributed by atoms with Crippen molar-refractivity contribution >= 4 is 11.9 Å². The van der Waals surface area contributed by atoms with Crippen molar-refractivity contribution in [3.8, 4) is 5.75 Å². The molecule has 1 N–H and O–H groups in total. The number of hydrogen-bond donors (Lipinski definition) is 1. The molecule has 2 saturated heterocycles. The number of likely N-dealkylation sites (tertiary alicyclic amines) is 1. The zero-order valence-corrected chi connectivity index (χ0v) is 18.6. The third kappa shape index (κ3) is 3.83.